The smallest absolute Gasteiger partial charge is 0.251 e. The van der Waals surface area contributed by atoms with Gasteiger partial charge in [0.25, 0.3) is 5.91 Å². The molecule has 34 heavy (non-hydrogen) atoms. The Labute approximate surface area is 200 Å². The number of amides is 3. The van der Waals surface area contributed by atoms with Gasteiger partial charge in [0.05, 0.1) is 6.04 Å². The second-order valence-corrected chi connectivity index (χ2v) is 9.16. The molecule has 3 amide bonds. The van der Waals surface area contributed by atoms with E-state index in [-0.39, 0.29) is 23.6 Å². The van der Waals surface area contributed by atoms with Gasteiger partial charge in [-0.25, -0.2) is 4.98 Å². The van der Waals surface area contributed by atoms with Gasteiger partial charge in [-0.05, 0) is 56.5 Å². The molecule has 1 aliphatic carbocycles. The molecular formula is C26H33N5O3. The van der Waals surface area contributed by atoms with Crippen LogP contribution in [0, 0.1) is 5.92 Å². The minimum atomic E-state index is -0.734. The molecule has 8 heteroatoms. The zero-order valence-corrected chi connectivity index (χ0v) is 19.8. The lowest BCUT2D eigenvalue weighted by molar-refractivity contribution is -0.131. The first kappa shape index (κ1) is 23.9. The molecule has 3 unspecified atom stereocenters. The number of fused-ring (bicyclic) bond motifs is 1. The highest BCUT2D eigenvalue weighted by molar-refractivity contribution is 6.09. The summed E-state index contributed by atoms with van der Waals surface area (Å²) >= 11 is 0. The first-order valence-electron chi connectivity index (χ1n) is 12.1. The molecule has 3 N–H and O–H groups in total. The van der Waals surface area contributed by atoms with Gasteiger partial charge in [-0.3, -0.25) is 19.3 Å². The van der Waals surface area contributed by atoms with Crippen LogP contribution in [-0.4, -0.2) is 47.9 Å². The fraction of sp³-hybridized carbons (Fsp3) is 0.462. The predicted molar refractivity (Wildman–Crippen MR) is 131 cm³/mol. The number of rotatable bonds is 7. The lowest BCUT2D eigenvalue weighted by Gasteiger charge is -2.35. The fourth-order valence-corrected chi connectivity index (χ4v) is 4.88. The average Bonchev–Trinajstić information content (AvgIpc) is 3.27. The topological polar surface area (TPSA) is 103 Å². The fourth-order valence-electron chi connectivity index (χ4n) is 4.88. The summed E-state index contributed by atoms with van der Waals surface area (Å²) in [4.78, 5) is 46.2. The van der Waals surface area contributed by atoms with Crippen molar-refractivity contribution in [2.45, 2.75) is 63.6 Å². The second-order valence-electron chi connectivity index (χ2n) is 9.16. The molecule has 1 saturated carbocycles. The van der Waals surface area contributed by atoms with E-state index in [1.807, 2.05) is 42.5 Å². The molecule has 2 heterocycles. The monoisotopic (exact) mass is 463 g/mol. The number of likely N-dealkylation sites (N-methyl/N-ethyl adjacent to an activating group) is 1. The van der Waals surface area contributed by atoms with Crippen LogP contribution >= 0.6 is 0 Å². The lowest BCUT2D eigenvalue weighted by Crippen LogP contribution is -2.58. The van der Waals surface area contributed by atoms with Crippen LogP contribution in [0.3, 0.4) is 0 Å². The molecule has 1 fully saturated rings. The largest absolute Gasteiger partial charge is 0.343 e. The van der Waals surface area contributed by atoms with Crippen LogP contribution in [0.15, 0.2) is 48.7 Å². The highest BCUT2D eigenvalue weighted by atomic mass is 16.2. The zero-order valence-electron chi connectivity index (χ0n) is 19.8. The number of aromatic nitrogens is 1. The highest BCUT2D eigenvalue weighted by Gasteiger charge is 2.44. The van der Waals surface area contributed by atoms with Crippen LogP contribution < -0.4 is 20.9 Å². The summed E-state index contributed by atoms with van der Waals surface area (Å²) in [5, 5.41) is 8.87. The molecule has 8 nitrogen and oxygen atoms in total. The number of pyridine rings is 1. The van der Waals surface area contributed by atoms with Crippen LogP contribution in [-0.2, 0) is 20.8 Å². The van der Waals surface area contributed by atoms with E-state index in [4.69, 9.17) is 0 Å². The first-order valence-corrected chi connectivity index (χ1v) is 12.1. The third kappa shape index (κ3) is 5.12. The SMILES string of the molecule is CNC(C)C(=O)NC(C(=O)N1c2ncccc2CC1C(=O)Nc1ccccc1)C1CCCCC1. The third-order valence-corrected chi connectivity index (χ3v) is 6.91. The molecule has 0 saturated heterocycles. The van der Waals surface area contributed by atoms with E-state index in [0.717, 1.165) is 37.7 Å². The molecule has 2 aromatic rings. The Morgan fingerprint density at radius 1 is 1.03 bits per heavy atom. The minimum Gasteiger partial charge on any atom is -0.343 e. The standard InChI is InChI=1S/C26H33N5O3/c1-17(27-2)24(32)30-22(18-10-5-3-6-11-18)26(34)31-21(16-19-12-9-15-28-23(19)31)25(33)29-20-13-7-4-8-14-20/h4,7-9,12-15,17-18,21-22,27H,3,5-6,10-11,16H2,1-2H3,(H,29,33)(H,30,32). The van der Waals surface area contributed by atoms with Gasteiger partial charge in [0.1, 0.15) is 17.9 Å². The lowest BCUT2D eigenvalue weighted by atomic mass is 9.83. The van der Waals surface area contributed by atoms with E-state index in [9.17, 15) is 14.4 Å². The molecule has 0 radical (unpaired) electrons. The Kier molecular flexibility index (Phi) is 7.57. The summed E-state index contributed by atoms with van der Waals surface area (Å²) < 4.78 is 0. The molecule has 0 spiro atoms. The Morgan fingerprint density at radius 3 is 2.47 bits per heavy atom. The van der Waals surface area contributed by atoms with Crippen LogP contribution in [0.1, 0.15) is 44.6 Å². The van der Waals surface area contributed by atoms with Crippen molar-refractivity contribution < 1.29 is 14.4 Å². The van der Waals surface area contributed by atoms with Crippen molar-refractivity contribution in [1.82, 2.24) is 15.6 Å². The van der Waals surface area contributed by atoms with E-state index in [1.54, 1.807) is 20.2 Å². The Bertz CT molecular complexity index is 1020. The number of anilines is 2. The number of hydrogen-bond donors (Lipinski definition) is 3. The minimum absolute atomic E-state index is 0.0276. The molecule has 4 rings (SSSR count). The van der Waals surface area contributed by atoms with E-state index in [0.29, 0.717) is 17.9 Å². The summed E-state index contributed by atoms with van der Waals surface area (Å²) in [5.74, 6) is -0.237. The summed E-state index contributed by atoms with van der Waals surface area (Å²) in [6.07, 6.45) is 6.94. The van der Waals surface area contributed by atoms with Crippen LogP contribution in [0.25, 0.3) is 0 Å². The second kappa shape index (κ2) is 10.8. The maximum Gasteiger partial charge on any atom is 0.251 e. The number of nitrogens with one attached hydrogen (secondary N) is 3. The maximum absolute atomic E-state index is 14.1. The van der Waals surface area contributed by atoms with Crippen molar-refractivity contribution in [1.29, 1.82) is 0 Å². The first-order chi connectivity index (χ1) is 16.5. The van der Waals surface area contributed by atoms with Crippen LogP contribution in [0.5, 0.6) is 0 Å². The molecule has 1 aromatic heterocycles. The Morgan fingerprint density at radius 2 is 1.76 bits per heavy atom. The van der Waals surface area contributed by atoms with Crippen LogP contribution in [0.2, 0.25) is 0 Å². The summed E-state index contributed by atoms with van der Waals surface area (Å²) in [6.45, 7) is 1.76. The highest BCUT2D eigenvalue weighted by Crippen LogP contribution is 2.34. The van der Waals surface area contributed by atoms with Gasteiger partial charge >= 0.3 is 0 Å². The van der Waals surface area contributed by atoms with Crippen molar-refractivity contribution in [2.75, 3.05) is 17.3 Å². The van der Waals surface area contributed by atoms with Gasteiger partial charge in [-0.1, -0.05) is 43.5 Å². The van der Waals surface area contributed by atoms with Crippen molar-refractivity contribution in [2.24, 2.45) is 5.92 Å². The van der Waals surface area contributed by atoms with E-state index in [2.05, 4.69) is 20.9 Å². The molecule has 1 aliphatic heterocycles. The molecule has 1 aromatic carbocycles. The van der Waals surface area contributed by atoms with Gasteiger partial charge in [0.15, 0.2) is 0 Å². The molecular weight excluding hydrogens is 430 g/mol. The normalized spacial score (nSPS) is 19.7. The van der Waals surface area contributed by atoms with Gasteiger partial charge in [0.2, 0.25) is 11.8 Å². The van der Waals surface area contributed by atoms with E-state index >= 15 is 0 Å². The summed E-state index contributed by atoms with van der Waals surface area (Å²) in [7, 11) is 1.71. The number of benzene rings is 1. The number of para-hydroxylation sites is 1. The number of nitrogens with zero attached hydrogens (tertiary/aromatic N) is 2. The molecule has 2 aliphatic rings. The predicted octanol–water partition coefficient (Wildman–Crippen LogP) is 2.65. The van der Waals surface area contributed by atoms with Crippen LogP contribution in [0.4, 0.5) is 11.5 Å². The molecule has 180 valence electrons. The van der Waals surface area contributed by atoms with Crippen molar-refractivity contribution in [3.05, 3.63) is 54.2 Å². The van der Waals surface area contributed by atoms with E-state index in [1.165, 1.54) is 4.90 Å². The number of carbonyl (C=O) groups excluding carboxylic acids is 3. The zero-order chi connectivity index (χ0) is 24.1. The molecule has 0 bridgehead atoms. The van der Waals surface area contributed by atoms with Gasteiger partial charge in [-0.2, -0.15) is 0 Å². The molecule has 3 atom stereocenters. The Hall–Kier alpha value is -3.26. The number of hydrogen-bond acceptors (Lipinski definition) is 5. The summed E-state index contributed by atoms with van der Waals surface area (Å²) in [5.41, 5.74) is 1.52. The van der Waals surface area contributed by atoms with Crippen molar-refractivity contribution >= 4 is 29.2 Å². The van der Waals surface area contributed by atoms with Crippen molar-refractivity contribution in [3.8, 4) is 0 Å². The Balaban J connectivity index is 1.64. The maximum atomic E-state index is 14.1. The van der Waals surface area contributed by atoms with Gasteiger partial charge < -0.3 is 16.0 Å². The quantitative estimate of drug-likeness (QED) is 0.586. The summed E-state index contributed by atoms with van der Waals surface area (Å²) in [6, 6.07) is 11.0. The van der Waals surface area contributed by atoms with Crippen molar-refractivity contribution in [3.63, 3.8) is 0 Å². The van der Waals surface area contributed by atoms with Gasteiger partial charge in [0, 0.05) is 18.3 Å². The van der Waals surface area contributed by atoms with Gasteiger partial charge in [-0.15, -0.1) is 0 Å². The third-order valence-electron chi connectivity index (χ3n) is 6.91. The average molecular weight is 464 g/mol. The number of carbonyl (C=O) groups is 3. The van der Waals surface area contributed by atoms with E-state index < -0.39 is 18.1 Å².